The number of hydrogen-bond donors (Lipinski definition) is 1. The summed E-state index contributed by atoms with van der Waals surface area (Å²) in [5, 5.41) is 2.79. The van der Waals surface area contributed by atoms with E-state index in [9.17, 15) is 14.0 Å². The van der Waals surface area contributed by atoms with E-state index in [0.29, 0.717) is 25.4 Å². The number of amides is 2. The number of rotatable bonds is 10. The minimum absolute atomic E-state index is 0.0292. The Kier molecular flexibility index (Phi) is 7.80. The molecule has 0 saturated carbocycles. The Bertz CT molecular complexity index is 614. The van der Waals surface area contributed by atoms with E-state index in [2.05, 4.69) is 10.2 Å². The van der Waals surface area contributed by atoms with Crippen LogP contribution in [0, 0.1) is 5.82 Å². The number of nitrogens with one attached hydrogen (secondary N) is 1. The first-order valence-corrected chi connectivity index (χ1v) is 8.61. The Morgan fingerprint density at radius 1 is 1.42 bits per heavy atom. The van der Waals surface area contributed by atoms with Gasteiger partial charge in [-0.25, -0.2) is 4.39 Å². The Morgan fingerprint density at radius 2 is 2.23 bits per heavy atom. The van der Waals surface area contributed by atoms with Crippen LogP contribution in [0.5, 0.6) is 5.75 Å². The fourth-order valence-corrected chi connectivity index (χ4v) is 2.71. The molecule has 1 heterocycles. The predicted molar refractivity (Wildman–Crippen MR) is 94.4 cm³/mol. The van der Waals surface area contributed by atoms with Gasteiger partial charge in [0, 0.05) is 45.8 Å². The number of benzene rings is 1. The van der Waals surface area contributed by atoms with Crippen LogP contribution in [0.1, 0.15) is 6.42 Å². The molecule has 0 bridgehead atoms. The molecule has 0 spiro atoms. The maximum Gasteiger partial charge on any atom is 0.258 e. The van der Waals surface area contributed by atoms with Gasteiger partial charge in [-0.1, -0.05) is 6.07 Å². The van der Waals surface area contributed by atoms with Gasteiger partial charge in [0.25, 0.3) is 5.91 Å². The second-order valence-corrected chi connectivity index (χ2v) is 6.35. The van der Waals surface area contributed by atoms with Crippen molar-refractivity contribution in [2.75, 3.05) is 53.6 Å². The van der Waals surface area contributed by atoms with Crippen LogP contribution in [0.15, 0.2) is 24.3 Å². The molecule has 26 heavy (non-hydrogen) atoms. The lowest BCUT2D eigenvalue weighted by atomic mass is 10.2. The molecular weight excluding hydrogens is 341 g/mol. The molecule has 1 fully saturated rings. The Hall–Kier alpha value is -2.19. The van der Waals surface area contributed by atoms with Gasteiger partial charge in [-0.3, -0.25) is 9.59 Å². The van der Waals surface area contributed by atoms with E-state index in [0.717, 1.165) is 13.1 Å². The number of methoxy groups -OCH3 is 1. The van der Waals surface area contributed by atoms with Gasteiger partial charge in [0.1, 0.15) is 11.6 Å². The van der Waals surface area contributed by atoms with E-state index in [1.54, 1.807) is 18.1 Å². The monoisotopic (exact) mass is 367 g/mol. The highest BCUT2D eigenvalue weighted by atomic mass is 19.1. The summed E-state index contributed by atoms with van der Waals surface area (Å²) in [5.41, 5.74) is 0. The van der Waals surface area contributed by atoms with E-state index in [1.807, 2.05) is 7.05 Å². The summed E-state index contributed by atoms with van der Waals surface area (Å²) in [6, 6.07) is 5.39. The van der Waals surface area contributed by atoms with Crippen LogP contribution < -0.4 is 10.1 Å². The number of ether oxygens (including phenoxy) is 2. The minimum atomic E-state index is -0.421. The molecule has 144 valence electrons. The summed E-state index contributed by atoms with van der Waals surface area (Å²) >= 11 is 0. The lowest BCUT2D eigenvalue weighted by Gasteiger charge is -2.22. The zero-order valence-electron chi connectivity index (χ0n) is 15.2. The molecule has 1 aliphatic rings. The molecule has 1 N–H and O–H groups in total. The number of likely N-dealkylation sites (N-methyl/N-ethyl adjacent to an activating group) is 1. The molecular formula is C18H26FN3O4. The van der Waals surface area contributed by atoms with Crippen LogP contribution in [0.4, 0.5) is 4.39 Å². The second-order valence-electron chi connectivity index (χ2n) is 6.35. The van der Waals surface area contributed by atoms with Crippen molar-refractivity contribution >= 4 is 11.8 Å². The quantitative estimate of drug-likeness (QED) is 0.652. The lowest BCUT2D eigenvalue weighted by molar-refractivity contribution is -0.127. The van der Waals surface area contributed by atoms with Gasteiger partial charge in [0.15, 0.2) is 6.61 Å². The van der Waals surface area contributed by atoms with Crippen LogP contribution in [0.3, 0.4) is 0 Å². The molecule has 0 aliphatic carbocycles. The van der Waals surface area contributed by atoms with Gasteiger partial charge in [0.2, 0.25) is 5.91 Å². The summed E-state index contributed by atoms with van der Waals surface area (Å²) in [6.07, 6.45) is 0.285. The Morgan fingerprint density at radius 3 is 2.96 bits per heavy atom. The number of halogens is 1. The van der Waals surface area contributed by atoms with Gasteiger partial charge in [-0.2, -0.15) is 0 Å². The molecule has 0 unspecified atom stereocenters. The first kappa shape index (κ1) is 20.1. The third-order valence-electron chi connectivity index (χ3n) is 4.17. The van der Waals surface area contributed by atoms with Crippen molar-refractivity contribution in [1.29, 1.82) is 0 Å². The van der Waals surface area contributed by atoms with E-state index in [4.69, 9.17) is 9.47 Å². The summed E-state index contributed by atoms with van der Waals surface area (Å²) in [5.74, 6) is -0.425. The fourth-order valence-electron chi connectivity index (χ4n) is 2.71. The molecule has 8 heteroatoms. The van der Waals surface area contributed by atoms with Crippen molar-refractivity contribution in [1.82, 2.24) is 15.1 Å². The van der Waals surface area contributed by atoms with Crippen molar-refractivity contribution in [3.05, 3.63) is 30.1 Å². The second kappa shape index (κ2) is 10.1. The molecule has 7 nitrogen and oxygen atoms in total. The van der Waals surface area contributed by atoms with Gasteiger partial charge in [0.05, 0.1) is 12.6 Å². The Balaban J connectivity index is 1.69. The molecule has 1 saturated heterocycles. The van der Waals surface area contributed by atoms with Crippen LogP contribution in [0.2, 0.25) is 0 Å². The zero-order valence-corrected chi connectivity index (χ0v) is 15.2. The summed E-state index contributed by atoms with van der Waals surface area (Å²) in [7, 11) is 3.63. The SMILES string of the molecule is COCCN(C)CCN1C[C@@H](NC(=O)COc2cccc(F)c2)CC1=O. The van der Waals surface area contributed by atoms with Crippen molar-refractivity contribution in [2.45, 2.75) is 12.5 Å². The van der Waals surface area contributed by atoms with Crippen molar-refractivity contribution in [3.63, 3.8) is 0 Å². The third kappa shape index (κ3) is 6.61. The van der Waals surface area contributed by atoms with Crippen molar-refractivity contribution < 1.29 is 23.5 Å². The molecule has 1 aliphatic heterocycles. The van der Waals surface area contributed by atoms with E-state index in [-0.39, 0.29) is 30.9 Å². The van der Waals surface area contributed by atoms with Gasteiger partial charge in [-0.05, 0) is 19.2 Å². The highest BCUT2D eigenvalue weighted by molar-refractivity contribution is 5.82. The van der Waals surface area contributed by atoms with Crippen LogP contribution in [0.25, 0.3) is 0 Å². The molecule has 1 aromatic rings. The average molecular weight is 367 g/mol. The standard InChI is InChI=1S/C18H26FN3O4/c1-21(8-9-25-2)6-7-22-12-15(11-18(22)24)20-17(23)13-26-16-5-3-4-14(19)10-16/h3-5,10,15H,6-9,11-13H2,1-2H3,(H,20,23)/t15-/m0/s1. The largest absolute Gasteiger partial charge is 0.484 e. The fraction of sp³-hybridized carbons (Fsp3) is 0.556. The molecule has 1 aromatic carbocycles. The molecule has 2 rings (SSSR count). The Labute approximate surface area is 153 Å². The minimum Gasteiger partial charge on any atom is -0.484 e. The maximum atomic E-state index is 13.1. The first-order chi connectivity index (χ1) is 12.5. The van der Waals surface area contributed by atoms with Crippen LogP contribution in [-0.4, -0.2) is 81.2 Å². The first-order valence-electron chi connectivity index (χ1n) is 8.61. The van der Waals surface area contributed by atoms with Crippen LogP contribution >= 0.6 is 0 Å². The van der Waals surface area contributed by atoms with Crippen LogP contribution in [-0.2, 0) is 14.3 Å². The number of nitrogens with zero attached hydrogens (tertiary/aromatic N) is 2. The zero-order chi connectivity index (χ0) is 18.9. The summed E-state index contributed by atoms with van der Waals surface area (Å²) in [4.78, 5) is 27.9. The average Bonchev–Trinajstić information content (AvgIpc) is 2.95. The number of carbonyl (C=O) groups excluding carboxylic acids is 2. The molecule has 2 amide bonds. The van der Waals surface area contributed by atoms with Gasteiger partial charge >= 0.3 is 0 Å². The lowest BCUT2D eigenvalue weighted by Crippen LogP contribution is -2.41. The topological polar surface area (TPSA) is 71.1 Å². The maximum absolute atomic E-state index is 13.1. The molecule has 1 atom stereocenters. The summed E-state index contributed by atoms with van der Waals surface area (Å²) < 4.78 is 23.4. The van der Waals surface area contributed by atoms with E-state index in [1.165, 1.54) is 18.2 Å². The van der Waals surface area contributed by atoms with E-state index < -0.39 is 5.82 Å². The van der Waals surface area contributed by atoms with Gasteiger partial charge < -0.3 is 24.6 Å². The normalized spacial score (nSPS) is 17.0. The summed E-state index contributed by atoms with van der Waals surface area (Å²) in [6.45, 7) is 3.09. The smallest absolute Gasteiger partial charge is 0.258 e. The highest BCUT2D eigenvalue weighted by Crippen LogP contribution is 2.13. The number of likely N-dealkylation sites (tertiary alicyclic amines) is 1. The van der Waals surface area contributed by atoms with Crippen molar-refractivity contribution in [2.24, 2.45) is 0 Å². The van der Waals surface area contributed by atoms with Crippen molar-refractivity contribution in [3.8, 4) is 5.75 Å². The molecule has 0 radical (unpaired) electrons. The molecule has 0 aromatic heterocycles. The third-order valence-corrected chi connectivity index (χ3v) is 4.17. The number of hydrogen-bond acceptors (Lipinski definition) is 5. The highest BCUT2D eigenvalue weighted by Gasteiger charge is 2.30. The predicted octanol–water partition coefficient (Wildman–Crippen LogP) is 0.500. The van der Waals surface area contributed by atoms with Gasteiger partial charge in [-0.15, -0.1) is 0 Å². The van der Waals surface area contributed by atoms with E-state index >= 15 is 0 Å². The number of carbonyl (C=O) groups is 2.